The summed E-state index contributed by atoms with van der Waals surface area (Å²) in [6.45, 7) is 4.16. The summed E-state index contributed by atoms with van der Waals surface area (Å²) in [4.78, 5) is 33.3. The molecular weight excluding hydrogens is 438 g/mol. The molecule has 7 heteroatoms. The summed E-state index contributed by atoms with van der Waals surface area (Å²) < 4.78 is 5.18. The average Bonchev–Trinajstić information content (AvgIpc) is 2.86. The van der Waals surface area contributed by atoms with Crippen LogP contribution in [0.3, 0.4) is 0 Å². The molecule has 168 valence electrons. The Kier molecular flexibility index (Phi) is 6.81. The highest BCUT2D eigenvalue weighted by atomic mass is 35.5. The molecule has 6 nitrogen and oxygen atoms in total. The average molecular weight is 462 g/mol. The number of carbonyl (C=O) groups is 2. The molecule has 4 rings (SSSR count). The van der Waals surface area contributed by atoms with E-state index >= 15 is 0 Å². The standard InChI is InChI=1S/C26H24ClN3O3/c1-3-15-33-26(32)30-13-11-29(12-14-30)25(31)20-9-10-21-22(27)17-23(28-24(21)16-20)19-7-5-18(4-2)6-8-19/h2,5-10,16-17H,3,11-15H2,1H3. The molecule has 0 radical (unpaired) electrons. The maximum Gasteiger partial charge on any atom is 0.409 e. The fourth-order valence-electron chi connectivity index (χ4n) is 3.76. The van der Waals surface area contributed by atoms with Crippen LogP contribution < -0.4 is 0 Å². The molecule has 0 bridgehead atoms. The molecule has 3 aromatic rings. The van der Waals surface area contributed by atoms with Crippen LogP contribution in [0.5, 0.6) is 0 Å². The summed E-state index contributed by atoms with van der Waals surface area (Å²) in [7, 11) is 0. The van der Waals surface area contributed by atoms with E-state index in [2.05, 4.69) is 5.92 Å². The van der Waals surface area contributed by atoms with Crippen molar-refractivity contribution in [3.63, 3.8) is 0 Å². The Morgan fingerprint density at radius 1 is 1.06 bits per heavy atom. The molecule has 0 atom stereocenters. The monoisotopic (exact) mass is 461 g/mol. The van der Waals surface area contributed by atoms with Gasteiger partial charge in [-0.3, -0.25) is 4.79 Å². The quantitative estimate of drug-likeness (QED) is 0.521. The summed E-state index contributed by atoms with van der Waals surface area (Å²) >= 11 is 6.52. The van der Waals surface area contributed by atoms with Crippen molar-refractivity contribution < 1.29 is 14.3 Å². The predicted molar refractivity (Wildman–Crippen MR) is 129 cm³/mol. The van der Waals surface area contributed by atoms with E-state index < -0.39 is 0 Å². The van der Waals surface area contributed by atoms with Crippen LogP contribution in [0.1, 0.15) is 29.3 Å². The smallest absolute Gasteiger partial charge is 0.409 e. The lowest BCUT2D eigenvalue weighted by Gasteiger charge is -2.34. The topological polar surface area (TPSA) is 62.7 Å². The molecule has 2 aromatic carbocycles. The molecule has 2 amide bonds. The molecule has 33 heavy (non-hydrogen) atoms. The Morgan fingerprint density at radius 2 is 1.76 bits per heavy atom. The van der Waals surface area contributed by atoms with Gasteiger partial charge in [0.1, 0.15) is 0 Å². The molecule has 0 saturated carbocycles. The molecule has 2 heterocycles. The first-order chi connectivity index (χ1) is 16.0. The van der Waals surface area contributed by atoms with E-state index in [1.54, 1.807) is 21.9 Å². The van der Waals surface area contributed by atoms with Crippen LogP contribution in [0.2, 0.25) is 5.02 Å². The zero-order chi connectivity index (χ0) is 23.4. The zero-order valence-electron chi connectivity index (χ0n) is 18.4. The Morgan fingerprint density at radius 3 is 2.42 bits per heavy atom. The third kappa shape index (κ3) is 4.94. The second-order valence-electron chi connectivity index (χ2n) is 7.84. The second kappa shape index (κ2) is 9.93. The molecule has 1 fully saturated rings. The van der Waals surface area contributed by atoms with Crippen LogP contribution in [0.25, 0.3) is 22.2 Å². The number of ether oxygens (including phenoxy) is 1. The van der Waals surface area contributed by atoms with Crippen molar-refractivity contribution in [3.05, 3.63) is 64.7 Å². The number of aromatic nitrogens is 1. The van der Waals surface area contributed by atoms with Gasteiger partial charge in [0.2, 0.25) is 0 Å². The van der Waals surface area contributed by atoms with Crippen molar-refractivity contribution in [1.82, 2.24) is 14.8 Å². The van der Waals surface area contributed by atoms with Gasteiger partial charge >= 0.3 is 6.09 Å². The number of hydrogen-bond acceptors (Lipinski definition) is 4. The van der Waals surface area contributed by atoms with Gasteiger partial charge in [-0.1, -0.05) is 42.6 Å². The Hall–Kier alpha value is -3.56. The van der Waals surface area contributed by atoms with Crippen molar-refractivity contribution in [2.24, 2.45) is 0 Å². The number of rotatable bonds is 4. The summed E-state index contributed by atoms with van der Waals surface area (Å²) in [6, 6.07) is 14.7. The van der Waals surface area contributed by atoms with Crippen LogP contribution in [-0.4, -0.2) is 59.6 Å². The Bertz CT molecular complexity index is 1230. The molecule has 0 aliphatic carbocycles. The van der Waals surface area contributed by atoms with E-state index in [-0.39, 0.29) is 12.0 Å². The fraction of sp³-hybridized carbons (Fsp3) is 0.269. The van der Waals surface area contributed by atoms with Crippen molar-refractivity contribution in [2.45, 2.75) is 13.3 Å². The van der Waals surface area contributed by atoms with E-state index in [0.717, 1.165) is 22.9 Å². The minimum absolute atomic E-state index is 0.0971. The number of benzene rings is 2. The maximum absolute atomic E-state index is 13.1. The zero-order valence-corrected chi connectivity index (χ0v) is 19.1. The molecule has 0 spiro atoms. The van der Waals surface area contributed by atoms with Gasteiger partial charge in [-0.2, -0.15) is 0 Å². The minimum atomic E-state index is -0.323. The van der Waals surface area contributed by atoms with E-state index in [4.69, 9.17) is 27.7 Å². The lowest BCUT2D eigenvalue weighted by atomic mass is 10.1. The highest BCUT2D eigenvalue weighted by Crippen LogP contribution is 2.29. The first-order valence-corrected chi connectivity index (χ1v) is 11.3. The molecule has 1 aliphatic rings. The SMILES string of the molecule is C#Cc1ccc(-c2cc(Cl)c3ccc(C(=O)N4CCN(C(=O)OCCC)CC4)cc3n2)cc1. The molecule has 0 N–H and O–H groups in total. The number of nitrogens with zero attached hydrogens (tertiary/aromatic N) is 3. The molecular formula is C26H24ClN3O3. The van der Waals surface area contributed by atoms with Crippen molar-refractivity contribution in [3.8, 4) is 23.6 Å². The largest absolute Gasteiger partial charge is 0.449 e. The van der Waals surface area contributed by atoms with Gasteiger partial charge in [-0.15, -0.1) is 6.42 Å². The van der Waals surface area contributed by atoms with E-state index in [1.807, 2.05) is 43.3 Å². The molecule has 1 aliphatic heterocycles. The van der Waals surface area contributed by atoms with E-state index in [0.29, 0.717) is 54.6 Å². The number of terminal acetylenes is 1. The van der Waals surface area contributed by atoms with Gasteiger partial charge < -0.3 is 14.5 Å². The number of amides is 2. The molecule has 0 unspecified atom stereocenters. The van der Waals surface area contributed by atoms with E-state index in [9.17, 15) is 9.59 Å². The van der Waals surface area contributed by atoms with Crippen LogP contribution >= 0.6 is 11.6 Å². The Labute approximate surface area is 198 Å². The van der Waals surface area contributed by atoms with E-state index in [1.165, 1.54) is 0 Å². The highest BCUT2D eigenvalue weighted by Gasteiger charge is 2.26. The van der Waals surface area contributed by atoms with Crippen LogP contribution in [0.4, 0.5) is 4.79 Å². The van der Waals surface area contributed by atoms with Gasteiger partial charge in [0, 0.05) is 48.3 Å². The van der Waals surface area contributed by atoms with Gasteiger partial charge in [-0.05, 0) is 36.8 Å². The van der Waals surface area contributed by atoms with Crippen LogP contribution in [-0.2, 0) is 4.74 Å². The maximum atomic E-state index is 13.1. The first kappa shape index (κ1) is 22.6. The minimum Gasteiger partial charge on any atom is -0.449 e. The first-order valence-electron chi connectivity index (χ1n) is 10.9. The van der Waals surface area contributed by atoms with Crippen molar-refractivity contribution >= 4 is 34.5 Å². The normalized spacial score (nSPS) is 13.6. The van der Waals surface area contributed by atoms with Gasteiger partial charge in [0.15, 0.2) is 0 Å². The number of halogens is 1. The summed E-state index contributed by atoms with van der Waals surface area (Å²) in [6.07, 6.45) is 5.89. The van der Waals surface area contributed by atoms with Crippen molar-refractivity contribution in [2.75, 3.05) is 32.8 Å². The molecule has 1 aromatic heterocycles. The van der Waals surface area contributed by atoms with Crippen LogP contribution in [0, 0.1) is 12.3 Å². The summed E-state index contributed by atoms with van der Waals surface area (Å²) in [5.41, 5.74) is 3.57. The fourth-order valence-corrected chi connectivity index (χ4v) is 4.02. The van der Waals surface area contributed by atoms with Crippen molar-refractivity contribution in [1.29, 1.82) is 0 Å². The highest BCUT2D eigenvalue weighted by molar-refractivity contribution is 6.35. The summed E-state index contributed by atoms with van der Waals surface area (Å²) in [5.74, 6) is 2.50. The third-order valence-electron chi connectivity index (χ3n) is 5.61. The summed E-state index contributed by atoms with van der Waals surface area (Å²) in [5, 5.41) is 1.34. The van der Waals surface area contributed by atoms with Crippen LogP contribution in [0.15, 0.2) is 48.5 Å². The number of fused-ring (bicyclic) bond motifs is 1. The van der Waals surface area contributed by atoms with Gasteiger partial charge in [-0.25, -0.2) is 9.78 Å². The number of hydrogen-bond donors (Lipinski definition) is 0. The molecule has 1 saturated heterocycles. The third-order valence-corrected chi connectivity index (χ3v) is 5.92. The number of piperazine rings is 1. The van der Waals surface area contributed by atoms with Gasteiger partial charge in [0.25, 0.3) is 5.91 Å². The lowest BCUT2D eigenvalue weighted by molar-refractivity contribution is 0.0560. The van der Waals surface area contributed by atoms with Gasteiger partial charge in [0.05, 0.1) is 22.8 Å². The second-order valence-corrected chi connectivity index (χ2v) is 8.24. The number of carbonyl (C=O) groups excluding carboxylic acids is 2. The number of pyridine rings is 1. The predicted octanol–water partition coefficient (Wildman–Crippen LogP) is 4.84. The Balaban J connectivity index is 1.53. The lowest BCUT2D eigenvalue weighted by Crippen LogP contribution is -2.50.